The van der Waals surface area contributed by atoms with Crippen molar-refractivity contribution < 1.29 is 0 Å². The summed E-state index contributed by atoms with van der Waals surface area (Å²) in [4.78, 5) is 16.6. The highest BCUT2D eigenvalue weighted by Crippen LogP contribution is 2.42. The smallest absolute Gasteiger partial charge is 0.240 e. The molecule has 9 aromatic carbocycles. The highest BCUT2D eigenvalue weighted by atomic mass is 15.3. The van der Waals surface area contributed by atoms with Crippen LogP contribution in [0.1, 0.15) is 0 Å². The number of hydrogen-bond donors (Lipinski definition) is 0. The van der Waals surface area contributed by atoms with Crippen LogP contribution in [0, 0.1) is 0 Å². The van der Waals surface area contributed by atoms with Crippen LogP contribution in [0.15, 0.2) is 206 Å². The summed E-state index contributed by atoms with van der Waals surface area (Å²) in [6, 6.07) is 73.9. The maximum absolute atomic E-state index is 5.55. The van der Waals surface area contributed by atoms with Crippen LogP contribution < -0.4 is 0 Å². The van der Waals surface area contributed by atoms with Crippen molar-refractivity contribution in [3.63, 3.8) is 0 Å². The molecule has 0 radical (unpaired) electrons. The number of nitrogens with zero attached hydrogens (tertiary/aromatic N) is 6. The molecule has 292 valence electrons. The summed E-state index contributed by atoms with van der Waals surface area (Å²) in [5.74, 6) is 1.69. The van der Waals surface area contributed by atoms with Crippen molar-refractivity contribution in [1.82, 2.24) is 28.5 Å². The lowest BCUT2D eigenvalue weighted by atomic mass is 10.0. The zero-order chi connectivity index (χ0) is 41.2. The summed E-state index contributed by atoms with van der Waals surface area (Å²) in [7, 11) is 0. The lowest BCUT2D eigenvalue weighted by Gasteiger charge is -2.13. The fourth-order valence-electron chi connectivity index (χ4n) is 10.5. The van der Waals surface area contributed by atoms with Gasteiger partial charge in [0.15, 0.2) is 5.82 Å². The van der Waals surface area contributed by atoms with Crippen LogP contribution in [0.2, 0.25) is 0 Å². The Morgan fingerprint density at radius 1 is 0.238 bits per heavy atom. The maximum Gasteiger partial charge on any atom is 0.240 e. The van der Waals surface area contributed by atoms with Crippen LogP contribution in [0.5, 0.6) is 0 Å². The molecule has 0 amide bonds. The first-order valence-electron chi connectivity index (χ1n) is 21.4. The molecule has 0 N–H and O–H groups in total. The van der Waals surface area contributed by atoms with E-state index < -0.39 is 0 Å². The molecule has 0 aliphatic heterocycles. The van der Waals surface area contributed by atoms with E-state index in [1.807, 2.05) is 0 Å². The highest BCUT2D eigenvalue weighted by Gasteiger charge is 2.23. The van der Waals surface area contributed by atoms with Gasteiger partial charge in [-0.3, -0.25) is 9.13 Å². The lowest BCUT2D eigenvalue weighted by Crippen LogP contribution is -2.10. The van der Waals surface area contributed by atoms with Crippen LogP contribution in [0.4, 0.5) is 0 Å². The van der Waals surface area contributed by atoms with Crippen molar-refractivity contribution in [3.8, 4) is 23.3 Å². The predicted molar refractivity (Wildman–Crippen MR) is 261 cm³/mol. The summed E-state index contributed by atoms with van der Waals surface area (Å²) >= 11 is 0. The summed E-state index contributed by atoms with van der Waals surface area (Å²) < 4.78 is 6.88. The molecule has 0 bridgehead atoms. The van der Waals surface area contributed by atoms with Crippen molar-refractivity contribution in [2.75, 3.05) is 0 Å². The van der Waals surface area contributed by atoms with Gasteiger partial charge in [0.2, 0.25) is 11.9 Å². The van der Waals surface area contributed by atoms with Gasteiger partial charge in [0.25, 0.3) is 0 Å². The van der Waals surface area contributed by atoms with Gasteiger partial charge in [0.1, 0.15) is 0 Å². The monoisotopic (exact) mass is 802 g/mol. The Morgan fingerprint density at radius 2 is 0.540 bits per heavy atom. The summed E-state index contributed by atoms with van der Waals surface area (Å²) in [5, 5.41) is 14.0. The third kappa shape index (κ3) is 4.74. The van der Waals surface area contributed by atoms with E-state index in [0.717, 1.165) is 76.5 Å². The van der Waals surface area contributed by atoms with Gasteiger partial charge in [-0.25, -0.2) is 0 Å². The molecule has 6 nitrogen and oxygen atoms in total. The second-order valence-electron chi connectivity index (χ2n) is 16.3. The maximum atomic E-state index is 5.55. The molecule has 63 heavy (non-hydrogen) atoms. The average Bonchev–Trinajstić information content (AvgIpc) is 4.00. The van der Waals surface area contributed by atoms with Crippen LogP contribution >= 0.6 is 0 Å². The number of aromatic nitrogens is 6. The minimum absolute atomic E-state index is 0.552. The first-order chi connectivity index (χ1) is 31.3. The Labute approximate surface area is 359 Å². The number of benzene rings is 9. The van der Waals surface area contributed by atoms with E-state index in [2.05, 4.69) is 220 Å². The third-order valence-electron chi connectivity index (χ3n) is 13.1. The van der Waals surface area contributed by atoms with Gasteiger partial charge in [-0.1, -0.05) is 170 Å². The minimum Gasteiger partial charge on any atom is -0.307 e. The molecule has 0 atom stereocenters. The second kappa shape index (κ2) is 12.9. The van der Waals surface area contributed by atoms with Crippen molar-refractivity contribution in [1.29, 1.82) is 0 Å². The standard InChI is InChI=1S/C57H34N6/c1-3-19-37-35(17-1)36-18-2-4-20-38(36)44-26-15-27-45-46-28-16-29-47(54(46)63(53(44)45)52-34-14-5-21-39(37)52)55-58-56(61-48-30-10-6-22-40(48)41-23-7-11-31-49(41)61)60-57(59-55)62-50-32-12-8-24-42(50)43-25-9-13-33-51(43)62/h1-34H. The summed E-state index contributed by atoms with van der Waals surface area (Å²) in [6.07, 6.45) is 0. The van der Waals surface area contributed by atoms with Gasteiger partial charge in [-0.2, -0.15) is 15.0 Å². The molecule has 0 unspecified atom stereocenters. The Hall–Kier alpha value is -8.61. The number of para-hydroxylation sites is 7. The van der Waals surface area contributed by atoms with Crippen LogP contribution in [-0.2, 0) is 0 Å². The van der Waals surface area contributed by atoms with Crippen molar-refractivity contribution in [3.05, 3.63) is 206 Å². The van der Waals surface area contributed by atoms with Gasteiger partial charge in [0.05, 0.1) is 38.6 Å². The summed E-state index contributed by atoms with van der Waals surface area (Å²) in [5.41, 5.74) is 8.32. The first kappa shape index (κ1) is 34.1. The molecular weight excluding hydrogens is 769 g/mol. The minimum atomic E-state index is 0.552. The van der Waals surface area contributed by atoms with Crippen LogP contribution in [0.3, 0.4) is 0 Å². The largest absolute Gasteiger partial charge is 0.307 e. The average molecular weight is 803 g/mol. The van der Waals surface area contributed by atoms with E-state index in [1.165, 1.54) is 32.3 Å². The molecule has 6 heteroatoms. The molecule has 0 saturated carbocycles. The molecule has 0 saturated heterocycles. The number of hydrogen-bond acceptors (Lipinski definition) is 3. The molecule has 14 rings (SSSR count). The fourth-order valence-corrected chi connectivity index (χ4v) is 10.5. The highest BCUT2D eigenvalue weighted by molar-refractivity contribution is 6.26. The number of rotatable bonds is 3. The predicted octanol–water partition coefficient (Wildman–Crippen LogP) is 14.3. The molecule has 5 heterocycles. The van der Waals surface area contributed by atoms with Gasteiger partial charge in [0, 0.05) is 48.7 Å². The Balaban J connectivity index is 1.20. The van der Waals surface area contributed by atoms with Gasteiger partial charge in [-0.15, -0.1) is 0 Å². The zero-order valence-electron chi connectivity index (χ0n) is 33.8. The van der Waals surface area contributed by atoms with Gasteiger partial charge >= 0.3 is 0 Å². The topological polar surface area (TPSA) is 52.9 Å². The third-order valence-corrected chi connectivity index (χ3v) is 13.1. The zero-order valence-corrected chi connectivity index (χ0v) is 33.8. The Bertz CT molecular complexity index is 4040. The van der Waals surface area contributed by atoms with E-state index >= 15 is 0 Å². The van der Waals surface area contributed by atoms with Gasteiger partial charge in [-0.05, 0) is 57.9 Å². The van der Waals surface area contributed by atoms with Crippen LogP contribution in [-0.4, -0.2) is 28.5 Å². The van der Waals surface area contributed by atoms with E-state index in [4.69, 9.17) is 15.0 Å². The molecular formula is C57H34N6. The second-order valence-corrected chi connectivity index (χ2v) is 16.3. The van der Waals surface area contributed by atoms with E-state index in [9.17, 15) is 0 Å². The fraction of sp³-hybridized carbons (Fsp3) is 0. The van der Waals surface area contributed by atoms with Crippen molar-refractivity contribution in [2.24, 2.45) is 0 Å². The molecule has 0 fully saturated rings. The normalized spacial score (nSPS) is 12.1. The van der Waals surface area contributed by atoms with E-state index in [0.29, 0.717) is 17.7 Å². The van der Waals surface area contributed by atoms with Crippen LogP contribution in [0.25, 0.3) is 127 Å². The Kier molecular flexibility index (Phi) is 7.02. The van der Waals surface area contributed by atoms with Crippen molar-refractivity contribution in [2.45, 2.75) is 0 Å². The summed E-state index contributed by atoms with van der Waals surface area (Å²) in [6.45, 7) is 0. The van der Waals surface area contributed by atoms with Crippen molar-refractivity contribution >= 4 is 103 Å². The lowest BCUT2D eigenvalue weighted by molar-refractivity contribution is 0.893. The molecule has 0 spiro atoms. The van der Waals surface area contributed by atoms with E-state index in [1.54, 1.807) is 0 Å². The molecule has 0 aliphatic carbocycles. The molecule has 14 aromatic rings. The SMILES string of the molecule is c1ccc2c(c1)c1ccccc1c1cccc3c4cccc(-c5nc(-n6c7ccccc7c7ccccc76)nc(-n6c7ccccc7c7ccccc76)n5)c4n(c4ccccc24)c13. The molecule has 5 aromatic heterocycles. The first-order valence-corrected chi connectivity index (χ1v) is 21.4. The quantitative estimate of drug-likeness (QED) is 0.179. The number of fused-ring (bicyclic) bond motifs is 16. The van der Waals surface area contributed by atoms with Gasteiger partial charge < -0.3 is 4.40 Å². The molecule has 0 aliphatic rings. The Morgan fingerprint density at radius 3 is 1.00 bits per heavy atom. The van der Waals surface area contributed by atoms with E-state index in [-0.39, 0.29) is 0 Å².